The molecule has 1 aliphatic heterocycles. The van der Waals surface area contributed by atoms with Crippen LogP contribution in [0.25, 0.3) is 0 Å². The summed E-state index contributed by atoms with van der Waals surface area (Å²) in [4.78, 5) is 0. The topological polar surface area (TPSA) is 32.3 Å². The minimum absolute atomic E-state index is 0.295. The SMILES string of the molecule is Oc1cccc2c1N[C]=CC2. The van der Waals surface area contributed by atoms with Gasteiger partial charge in [-0.25, -0.2) is 0 Å². The molecule has 1 aliphatic rings. The number of hydrogen-bond donors (Lipinski definition) is 2. The molecule has 1 aromatic rings. The fraction of sp³-hybridized carbons (Fsp3) is 0.111. The van der Waals surface area contributed by atoms with Crippen molar-refractivity contribution in [3.63, 3.8) is 0 Å². The van der Waals surface area contributed by atoms with E-state index in [-0.39, 0.29) is 0 Å². The smallest absolute Gasteiger partial charge is 0.139 e. The second kappa shape index (κ2) is 2.31. The summed E-state index contributed by atoms with van der Waals surface area (Å²) in [5.74, 6) is 0.295. The lowest BCUT2D eigenvalue weighted by molar-refractivity contribution is 0.477. The number of rotatable bonds is 0. The molecule has 0 aliphatic carbocycles. The van der Waals surface area contributed by atoms with Gasteiger partial charge in [0.1, 0.15) is 5.75 Å². The number of para-hydroxylation sites is 1. The van der Waals surface area contributed by atoms with Crippen molar-refractivity contribution in [2.24, 2.45) is 0 Å². The van der Waals surface area contributed by atoms with Gasteiger partial charge in [0.2, 0.25) is 0 Å². The Bertz CT molecular complexity index is 304. The second-order valence-corrected chi connectivity index (χ2v) is 2.49. The molecule has 0 fully saturated rings. The van der Waals surface area contributed by atoms with Gasteiger partial charge in [-0.2, -0.15) is 0 Å². The zero-order valence-corrected chi connectivity index (χ0v) is 5.96. The third kappa shape index (κ3) is 0.963. The van der Waals surface area contributed by atoms with Crippen molar-refractivity contribution in [1.82, 2.24) is 0 Å². The Morgan fingerprint density at radius 2 is 2.36 bits per heavy atom. The van der Waals surface area contributed by atoms with Gasteiger partial charge in [-0.05, 0) is 18.1 Å². The zero-order valence-electron chi connectivity index (χ0n) is 5.96. The molecule has 2 heteroatoms. The van der Waals surface area contributed by atoms with E-state index in [2.05, 4.69) is 11.5 Å². The van der Waals surface area contributed by atoms with E-state index >= 15 is 0 Å². The summed E-state index contributed by atoms with van der Waals surface area (Å²) in [6.45, 7) is 0. The summed E-state index contributed by atoms with van der Waals surface area (Å²) in [6.07, 6.45) is 5.60. The van der Waals surface area contributed by atoms with Crippen molar-refractivity contribution in [2.45, 2.75) is 6.42 Å². The first-order valence-corrected chi connectivity index (χ1v) is 3.52. The number of allylic oxidation sites excluding steroid dienone is 1. The largest absolute Gasteiger partial charge is 0.506 e. The maximum absolute atomic E-state index is 9.34. The fourth-order valence-electron chi connectivity index (χ4n) is 1.19. The number of hydrogen-bond acceptors (Lipinski definition) is 2. The van der Waals surface area contributed by atoms with Crippen LogP contribution >= 0.6 is 0 Å². The predicted molar refractivity (Wildman–Crippen MR) is 43.2 cm³/mol. The van der Waals surface area contributed by atoms with E-state index in [1.807, 2.05) is 18.2 Å². The molecule has 1 aromatic carbocycles. The highest BCUT2D eigenvalue weighted by atomic mass is 16.3. The molecule has 1 heterocycles. The summed E-state index contributed by atoms with van der Waals surface area (Å²) < 4.78 is 0. The first-order chi connectivity index (χ1) is 5.38. The summed E-state index contributed by atoms with van der Waals surface area (Å²) in [7, 11) is 0. The Balaban J connectivity index is 2.54. The van der Waals surface area contributed by atoms with Gasteiger partial charge in [0.15, 0.2) is 0 Å². The molecule has 0 atom stereocenters. The van der Waals surface area contributed by atoms with Crippen molar-refractivity contribution < 1.29 is 5.11 Å². The normalized spacial score (nSPS) is 13.8. The van der Waals surface area contributed by atoms with Crippen LogP contribution in [0.5, 0.6) is 5.75 Å². The molecule has 0 aromatic heterocycles. The minimum Gasteiger partial charge on any atom is -0.506 e. The highest BCUT2D eigenvalue weighted by Gasteiger charge is 2.07. The maximum Gasteiger partial charge on any atom is 0.139 e. The van der Waals surface area contributed by atoms with Gasteiger partial charge in [0, 0.05) is 0 Å². The number of aromatic hydroxyl groups is 1. The molecule has 0 bridgehead atoms. The number of fused-ring (bicyclic) bond motifs is 1. The van der Waals surface area contributed by atoms with Crippen LogP contribution in [0, 0.1) is 6.20 Å². The quantitative estimate of drug-likeness (QED) is 0.546. The Labute approximate surface area is 65.2 Å². The van der Waals surface area contributed by atoms with Crippen LogP contribution in [-0.4, -0.2) is 5.11 Å². The van der Waals surface area contributed by atoms with Crippen LogP contribution in [0.15, 0.2) is 24.3 Å². The monoisotopic (exact) mass is 146 g/mol. The van der Waals surface area contributed by atoms with Crippen LogP contribution in [0.1, 0.15) is 5.56 Å². The Morgan fingerprint density at radius 3 is 3.18 bits per heavy atom. The number of anilines is 1. The van der Waals surface area contributed by atoms with Crippen molar-refractivity contribution in [3.8, 4) is 5.75 Å². The van der Waals surface area contributed by atoms with Gasteiger partial charge < -0.3 is 10.4 Å². The van der Waals surface area contributed by atoms with E-state index in [0.717, 1.165) is 17.7 Å². The van der Waals surface area contributed by atoms with E-state index < -0.39 is 0 Å². The van der Waals surface area contributed by atoms with Gasteiger partial charge in [-0.1, -0.05) is 18.2 Å². The summed E-state index contributed by atoms with van der Waals surface area (Å²) in [6, 6.07) is 5.49. The molecule has 0 spiro atoms. The summed E-state index contributed by atoms with van der Waals surface area (Å²) in [5.41, 5.74) is 1.90. The van der Waals surface area contributed by atoms with Crippen LogP contribution < -0.4 is 5.32 Å². The van der Waals surface area contributed by atoms with Crippen LogP contribution in [0.4, 0.5) is 5.69 Å². The maximum atomic E-state index is 9.34. The van der Waals surface area contributed by atoms with E-state index in [0.29, 0.717) is 5.75 Å². The predicted octanol–water partition coefficient (Wildman–Crippen LogP) is 1.68. The van der Waals surface area contributed by atoms with E-state index in [4.69, 9.17) is 0 Å². The highest BCUT2D eigenvalue weighted by molar-refractivity contribution is 5.63. The molecule has 1 radical (unpaired) electrons. The molecular weight excluding hydrogens is 138 g/mol. The summed E-state index contributed by atoms with van der Waals surface area (Å²) >= 11 is 0. The van der Waals surface area contributed by atoms with Gasteiger partial charge in [-0.15, -0.1) is 0 Å². The molecule has 11 heavy (non-hydrogen) atoms. The van der Waals surface area contributed by atoms with Crippen molar-refractivity contribution in [3.05, 3.63) is 36.0 Å². The zero-order chi connectivity index (χ0) is 7.68. The highest BCUT2D eigenvalue weighted by Crippen LogP contribution is 2.29. The molecule has 0 saturated heterocycles. The molecule has 2 N–H and O–H groups in total. The molecule has 2 rings (SSSR count). The van der Waals surface area contributed by atoms with Crippen LogP contribution in [-0.2, 0) is 6.42 Å². The Kier molecular flexibility index (Phi) is 1.32. The van der Waals surface area contributed by atoms with Gasteiger partial charge in [0.05, 0.1) is 11.9 Å². The number of phenols is 1. The molecule has 55 valence electrons. The standard InChI is InChI=1S/C9H8NO/c11-8-5-1-3-7-4-2-6-10-9(7)8/h1-3,5,10-11H,4H2. The van der Waals surface area contributed by atoms with Crippen molar-refractivity contribution >= 4 is 5.69 Å². The van der Waals surface area contributed by atoms with Crippen molar-refractivity contribution in [1.29, 1.82) is 0 Å². The third-order valence-electron chi connectivity index (χ3n) is 1.75. The van der Waals surface area contributed by atoms with E-state index in [1.54, 1.807) is 6.07 Å². The molecule has 0 amide bonds. The lowest BCUT2D eigenvalue weighted by atomic mass is 10.1. The van der Waals surface area contributed by atoms with Crippen LogP contribution in [0.3, 0.4) is 0 Å². The number of phenolic OH excluding ortho intramolecular Hbond substituents is 1. The molecule has 0 saturated carbocycles. The van der Waals surface area contributed by atoms with Crippen molar-refractivity contribution in [2.75, 3.05) is 5.32 Å². The van der Waals surface area contributed by atoms with Gasteiger partial charge in [0.25, 0.3) is 0 Å². The first kappa shape index (κ1) is 6.28. The molecular formula is C9H8NO. The number of nitrogens with one attached hydrogen (secondary N) is 1. The van der Waals surface area contributed by atoms with Gasteiger partial charge in [-0.3, -0.25) is 0 Å². The number of benzene rings is 1. The lowest BCUT2D eigenvalue weighted by Crippen LogP contribution is -1.99. The van der Waals surface area contributed by atoms with E-state index in [9.17, 15) is 5.11 Å². The minimum atomic E-state index is 0.295. The van der Waals surface area contributed by atoms with E-state index in [1.165, 1.54) is 0 Å². The van der Waals surface area contributed by atoms with Gasteiger partial charge >= 0.3 is 0 Å². The fourth-order valence-corrected chi connectivity index (χ4v) is 1.19. The lowest BCUT2D eigenvalue weighted by Gasteiger charge is -2.12. The average molecular weight is 146 g/mol. The van der Waals surface area contributed by atoms with Crippen LogP contribution in [0.2, 0.25) is 0 Å². The second-order valence-electron chi connectivity index (χ2n) is 2.49. The molecule has 2 nitrogen and oxygen atoms in total. The Hall–Kier alpha value is -1.44. The summed E-state index contributed by atoms with van der Waals surface area (Å²) in [5, 5.41) is 12.2. The molecule has 0 unspecified atom stereocenters. The average Bonchev–Trinajstić information content (AvgIpc) is 2.06. The first-order valence-electron chi connectivity index (χ1n) is 3.52. The third-order valence-corrected chi connectivity index (χ3v) is 1.75. The Morgan fingerprint density at radius 1 is 1.45 bits per heavy atom.